The van der Waals surface area contributed by atoms with E-state index in [9.17, 15) is 4.79 Å². The van der Waals surface area contributed by atoms with Crippen LogP contribution < -0.4 is 0 Å². The molecule has 3 aromatic carbocycles. The number of benzene rings is 3. The summed E-state index contributed by atoms with van der Waals surface area (Å²) in [7, 11) is 0. The number of carbonyl (C=O) groups is 1. The lowest BCUT2D eigenvalue weighted by Crippen LogP contribution is -2.32. The monoisotopic (exact) mass is 318 g/mol. The molecule has 1 aliphatic rings. The molecule has 0 heterocycles. The van der Waals surface area contributed by atoms with Gasteiger partial charge in [0.1, 0.15) is 6.10 Å². The summed E-state index contributed by atoms with van der Waals surface area (Å²) in [5, 5.41) is 5.11. The van der Waals surface area contributed by atoms with Crippen LogP contribution in [0, 0.1) is 5.92 Å². The predicted octanol–water partition coefficient (Wildman–Crippen LogP) is 5.05. The second kappa shape index (κ2) is 5.94. The van der Waals surface area contributed by atoms with Crippen LogP contribution in [-0.4, -0.2) is 12.1 Å². The summed E-state index contributed by atoms with van der Waals surface area (Å²) >= 11 is 0. The van der Waals surface area contributed by atoms with Gasteiger partial charge in [0.15, 0.2) is 0 Å². The van der Waals surface area contributed by atoms with E-state index >= 15 is 0 Å². The first kappa shape index (κ1) is 15.2. The Labute approximate surface area is 142 Å². The average Bonchev–Trinajstić information content (AvgIpc) is 2.59. The fourth-order valence-electron chi connectivity index (χ4n) is 3.77. The number of carbonyl (C=O) groups excluding carboxylic acids is 1. The van der Waals surface area contributed by atoms with Gasteiger partial charge in [-0.25, -0.2) is 0 Å². The first-order chi connectivity index (χ1) is 11.6. The van der Waals surface area contributed by atoms with Crippen molar-refractivity contribution in [3.63, 3.8) is 0 Å². The molecule has 0 aliphatic heterocycles. The van der Waals surface area contributed by atoms with Crippen molar-refractivity contribution in [2.24, 2.45) is 5.92 Å². The highest BCUT2D eigenvalue weighted by molar-refractivity contribution is 5.98. The Kier molecular flexibility index (Phi) is 3.76. The molecule has 0 aromatic heterocycles. The summed E-state index contributed by atoms with van der Waals surface area (Å²) < 4.78 is 5.65. The Morgan fingerprint density at radius 2 is 1.54 bits per heavy atom. The van der Waals surface area contributed by atoms with Crippen LogP contribution in [0.2, 0.25) is 0 Å². The van der Waals surface area contributed by atoms with Crippen LogP contribution in [0.3, 0.4) is 0 Å². The Bertz CT molecular complexity index is 926. The van der Waals surface area contributed by atoms with E-state index in [1.807, 2.05) is 6.92 Å². The fraction of sp³-hybridized carbons (Fsp3) is 0.318. The molecular weight excluding hydrogens is 296 g/mol. The highest BCUT2D eigenvalue weighted by atomic mass is 16.5. The summed E-state index contributed by atoms with van der Waals surface area (Å²) in [5.41, 5.74) is 2.72. The van der Waals surface area contributed by atoms with E-state index in [0.29, 0.717) is 12.3 Å². The number of rotatable bonds is 2. The molecule has 0 amide bonds. The zero-order valence-corrected chi connectivity index (χ0v) is 14.2. The molecule has 0 fully saturated rings. The van der Waals surface area contributed by atoms with Crippen LogP contribution in [0.15, 0.2) is 48.5 Å². The SMILES string of the molecule is CCC(=O)OC1Cc2cc3cc4ccccc4cc3cc2CC1C. The molecule has 0 bridgehead atoms. The van der Waals surface area contributed by atoms with Crippen molar-refractivity contribution in [2.75, 3.05) is 0 Å². The van der Waals surface area contributed by atoms with Crippen LogP contribution in [0.4, 0.5) is 0 Å². The standard InChI is InChI=1S/C22H22O2/c1-3-22(23)24-21-13-20-12-19-10-16-7-5-4-6-15(16)9-18(19)11-17(20)8-14(21)2/h4-7,9-12,14,21H,3,8,13H2,1-2H3. The van der Waals surface area contributed by atoms with Gasteiger partial charge in [-0.1, -0.05) is 50.2 Å². The molecule has 4 rings (SSSR count). The molecule has 0 saturated carbocycles. The minimum atomic E-state index is -0.0953. The molecule has 1 aliphatic carbocycles. The summed E-state index contributed by atoms with van der Waals surface area (Å²) in [4.78, 5) is 11.7. The van der Waals surface area contributed by atoms with Crippen LogP contribution in [-0.2, 0) is 22.4 Å². The number of hydrogen-bond acceptors (Lipinski definition) is 2. The van der Waals surface area contributed by atoms with Crippen LogP contribution in [0.5, 0.6) is 0 Å². The fourth-order valence-corrected chi connectivity index (χ4v) is 3.77. The van der Waals surface area contributed by atoms with Crippen molar-refractivity contribution in [3.8, 4) is 0 Å². The van der Waals surface area contributed by atoms with E-state index in [0.717, 1.165) is 12.8 Å². The third-order valence-corrected chi connectivity index (χ3v) is 5.19. The number of esters is 1. The molecule has 2 nitrogen and oxygen atoms in total. The van der Waals surface area contributed by atoms with Crippen molar-refractivity contribution in [3.05, 3.63) is 59.7 Å². The summed E-state index contributed by atoms with van der Waals surface area (Å²) in [6, 6.07) is 17.6. The molecule has 0 saturated heterocycles. The van der Waals surface area contributed by atoms with Gasteiger partial charge in [0, 0.05) is 12.8 Å². The molecule has 0 N–H and O–H groups in total. The van der Waals surface area contributed by atoms with Crippen molar-refractivity contribution in [1.82, 2.24) is 0 Å². The second-order valence-corrected chi connectivity index (χ2v) is 6.93. The van der Waals surface area contributed by atoms with Gasteiger partial charge >= 0.3 is 5.97 Å². The number of fused-ring (bicyclic) bond motifs is 3. The van der Waals surface area contributed by atoms with E-state index in [-0.39, 0.29) is 12.1 Å². The van der Waals surface area contributed by atoms with Crippen LogP contribution in [0.25, 0.3) is 21.5 Å². The van der Waals surface area contributed by atoms with E-state index in [4.69, 9.17) is 4.74 Å². The third kappa shape index (κ3) is 2.66. The summed E-state index contributed by atoms with van der Waals surface area (Å²) in [5.74, 6) is 0.271. The lowest BCUT2D eigenvalue weighted by atomic mass is 9.81. The lowest BCUT2D eigenvalue weighted by Gasteiger charge is -2.30. The average molecular weight is 318 g/mol. The largest absolute Gasteiger partial charge is 0.462 e. The molecule has 24 heavy (non-hydrogen) atoms. The van der Waals surface area contributed by atoms with Crippen molar-refractivity contribution >= 4 is 27.5 Å². The maximum atomic E-state index is 11.7. The molecular formula is C22H22O2. The predicted molar refractivity (Wildman–Crippen MR) is 98.2 cm³/mol. The molecule has 2 unspecified atom stereocenters. The Morgan fingerprint density at radius 1 is 0.958 bits per heavy atom. The normalized spacial score (nSPS) is 20.1. The zero-order valence-electron chi connectivity index (χ0n) is 14.2. The lowest BCUT2D eigenvalue weighted by molar-refractivity contribution is -0.151. The van der Waals surface area contributed by atoms with Gasteiger partial charge in [-0.3, -0.25) is 4.79 Å². The molecule has 0 spiro atoms. The molecule has 122 valence electrons. The highest BCUT2D eigenvalue weighted by Crippen LogP contribution is 2.32. The second-order valence-electron chi connectivity index (χ2n) is 6.93. The minimum absolute atomic E-state index is 0.00264. The van der Waals surface area contributed by atoms with Crippen molar-refractivity contribution in [2.45, 2.75) is 39.2 Å². The third-order valence-electron chi connectivity index (χ3n) is 5.19. The van der Waals surface area contributed by atoms with Gasteiger partial charge in [0.05, 0.1) is 0 Å². The van der Waals surface area contributed by atoms with Gasteiger partial charge in [0.2, 0.25) is 0 Å². The molecule has 3 aromatic rings. The number of ether oxygens (including phenoxy) is 1. The molecule has 2 heteroatoms. The van der Waals surface area contributed by atoms with Crippen LogP contribution >= 0.6 is 0 Å². The smallest absolute Gasteiger partial charge is 0.305 e. The van der Waals surface area contributed by atoms with Crippen molar-refractivity contribution in [1.29, 1.82) is 0 Å². The Hall–Kier alpha value is -2.35. The van der Waals surface area contributed by atoms with Gasteiger partial charge < -0.3 is 4.74 Å². The first-order valence-electron chi connectivity index (χ1n) is 8.78. The van der Waals surface area contributed by atoms with Gasteiger partial charge in [-0.05, 0) is 57.1 Å². The van der Waals surface area contributed by atoms with E-state index < -0.39 is 0 Å². The minimum Gasteiger partial charge on any atom is -0.462 e. The molecule has 0 radical (unpaired) electrons. The van der Waals surface area contributed by atoms with Gasteiger partial charge in [0.25, 0.3) is 0 Å². The Balaban J connectivity index is 1.76. The maximum absolute atomic E-state index is 11.7. The summed E-state index contributed by atoms with van der Waals surface area (Å²) in [6.07, 6.45) is 2.24. The Morgan fingerprint density at radius 3 is 2.12 bits per heavy atom. The van der Waals surface area contributed by atoms with Gasteiger partial charge in [-0.15, -0.1) is 0 Å². The quantitative estimate of drug-likeness (QED) is 0.488. The van der Waals surface area contributed by atoms with Crippen molar-refractivity contribution < 1.29 is 9.53 Å². The van der Waals surface area contributed by atoms with E-state index in [1.165, 1.54) is 32.7 Å². The molecule has 2 atom stereocenters. The first-order valence-corrected chi connectivity index (χ1v) is 8.78. The van der Waals surface area contributed by atoms with Crippen LogP contribution in [0.1, 0.15) is 31.4 Å². The van der Waals surface area contributed by atoms with E-state index in [2.05, 4.69) is 55.5 Å². The van der Waals surface area contributed by atoms with Gasteiger partial charge in [-0.2, -0.15) is 0 Å². The summed E-state index contributed by atoms with van der Waals surface area (Å²) in [6.45, 7) is 4.03. The highest BCUT2D eigenvalue weighted by Gasteiger charge is 2.28. The zero-order chi connectivity index (χ0) is 16.7. The number of hydrogen-bond donors (Lipinski definition) is 0. The topological polar surface area (TPSA) is 26.3 Å². The van der Waals surface area contributed by atoms with E-state index in [1.54, 1.807) is 0 Å². The maximum Gasteiger partial charge on any atom is 0.305 e.